The van der Waals surface area contributed by atoms with Gasteiger partial charge in [0.05, 0.1) is 6.54 Å². The maximum atomic E-state index is 12.8. The van der Waals surface area contributed by atoms with Crippen LogP contribution in [0.3, 0.4) is 0 Å². The average molecular weight is 305 g/mol. The highest BCUT2D eigenvalue weighted by molar-refractivity contribution is 5.86. The second-order valence-electron chi connectivity index (χ2n) is 6.78. The summed E-state index contributed by atoms with van der Waals surface area (Å²) in [5.41, 5.74) is 4.63. The molecule has 0 aliphatic heterocycles. The van der Waals surface area contributed by atoms with E-state index >= 15 is 0 Å². The first-order valence-corrected chi connectivity index (χ1v) is 7.68. The van der Waals surface area contributed by atoms with Gasteiger partial charge in [-0.25, -0.2) is 0 Å². The topological polar surface area (TPSA) is 58.4 Å². The van der Waals surface area contributed by atoms with Gasteiger partial charge < -0.3 is 5.73 Å². The molecule has 0 heterocycles. The lowest BCUT2D eigenvalue weighted by molar-refractivity contribution is -0.152. The second kappa shape index (κ2) is 5.12. The number of hydrogen-bond acceptors (Lipinski definition) is 3. The molecule has 0 saturated heterocycles. The summed E-state index contributed by atoms with van der Waals surface area (Å²) in [5.74, 6) is -0.408. The van der Waals surface area contributed by atoms with Crippen LogP contribution in [0.1, 0.15) is 38.5 Å². The summed E-state index contributed by atoms with van der Waals surface area (Å²) in [7, 11) is 0. The molecular weight excluding hydrogens is 283 g/mol. The van der Waals surface area contributed by atoms with Crippen molar-refractivity contribution in [1.82, 2.24) is 10.2 Å². The Kier molecular flexibility index (Phi) is 3.68. The molecule has 3 aliphatic rings. The summed E-state index contributed by atoms with van der Waals surface area (Å²) in [6.07, 6.45) is 1.00. The number of hydrogen-bond donors (Lipinski definition) is 2. The highest BCUT2D eigenvalue weighted by atomic mass is 19.4. The standard InChI is InChI=1S/C14H22F3N3O/c15-14(16,17)8-20(11-5-6-11)7-13(12(18)21,9-1-2-9)19-10-3-4-10/h9-11,19H,1-8H2,(H2,18,21). The van der Waals surface area contributed by atoms with Crippen LogP contribution in [0.15, 0.2) is 0 Å². The lowest BCUT2D eigenvalue weighted by Gasteiger charge is -2.38. The molecule has 0 radical (unpaired) electrons. The van der Waals surface area contributed by atoms with E-state index < -0.39 is 24.2 Å². The third-order valence-electron chi connectivity index (χ3n) is 4.65. The van der Waals surface area contributed by atoms with Crippen molar-refractivity contribution in [3.05, 3.63) is 0 Å². The number of carbonyl (C=O) groups excluding carboxylic acids is 1. The van der Waals surface area contributed by atoms with Crippen molar-refractivity contribution in [1.29, 1.82) is 0 Å². The largest absolute Gasteiger partial charge is 0.401 e. The Labute approximate surface area is 122 Å². The minimum atomic E-state index is -4.24. The van der Waals surface area contributed by atoms with Crippen LogP contribution in [0, 0.1) is 5.92 Å². The van der Waals surface area contributed by atoms with E-state index in [0.29, 0.717) is 0 Å². The van der Waals surface area contributed by atoms with E-state index in [0.717, 1.165) is 38.5 Å². The van der Waals surface area contributed by atoms with Crippen LogP contribution in [0.4, 0.5) is 13.2 Å². The molecule has 0 spiro atoms. The summed E-state index contributed by atoms with van der Waals surface area (Å²) in [6.45, 7) is -0.862. The van der Waals surface area contributed by atoms with E-state index in [4.69, 9.17) is 5.73 Å². The Morgan fingerprint density at radius 3 is 2.10 bits per heavy atom. The minimum Gasteiger partial charge on any atom is -0.368 e. The molecule has 21 heavy (non-hydrogen) atoms. The van der Waals surface area contributed by atoms with Gasteiger partial charge in [0.25, 0.3) is 0 Å². The Morgan fingerprint density at radius 1 is 1.10 bits per heavy atom. The fourth-order valence-electron chi connectivity index (χ4n) is 3.12. The third kappa shape index (κ3) is 3.69. The van der Waals surface area contributed by atoms with Crippen molar-refractivity contribution < 1.29 is 18.0 Å². The normalized spacial score (nSPS) is 25.9. The monoisotopic (exact) mass is 305 g/mol. The smallest absolute Gasteiger partial charge is 0.368 e. The molecule has 1 atom stereocenters. The molecule has 0 aromatic carbocycles. The Hall–Kier alpha value is -0.820. The summed E-state index contributed by atoms with van der Waals surface area (Å²) < 4.78 is 38.4. The van der Waals surface area contributed by atoms with Crippen molar-refractivity contribution >= 4 is 5.91 Å². The van der Waals surface area contributed by atoms with Crippen LogP contribution >= 0.6 is 0 Å². The molecular formula is C14H22F3N3O. The molecule has 0 aromatic heterocycles. The Balaban J connectivity index is 1.76. The predicted octanol–water partition coefficient (Wildman–Crippen LogP) is 1.40. The van der Waals surface area contributed by atoms with Crippen molar-refractivity contribution in [2.75, 3.05) is 13.1 Å². The van der Waals surface area contributed by atoms with E-state index in [1.165, 1.54) is 4.90 Å². The maximum absolute atomic E-state index is 12.8. The van der Waals surface area contributed by atoms with Gasteiger partial charge in [-0.1, -0.05) is 0 Å². The van der Waals surface area contributed by atoms with Gasteiger partial charge in [0.1, 0.15) is 5.54 Å². The van der Waals surface area contributed by atoms with Gasteiger partial charge in [0.2, 0.25) is 5.91 Å². The summed E-state index contributed by atoms with van der Waals surface area (Å²) >= 11 is 0. The zero-order chi connectivity index (χ0) is 15.3. The van der Waals surface area contributed by atoms with Crippen molar-refractivity contribution in [2.24, 2.45) is 11.7 Å². The van der Waals surface area contributed by atoms with Gasteiger partial charge in [-0.15, -0.1) is 0 Å². The Morgan fingerprint density at radius 2 is 1.71 bits per heavy atom. The maximum Gasteiger partial charge on any atom is 0.401 e. The van der Waals surface area contributed by atoms with E-state index in [2.05, 4.69) is 5.32 Å². The number of rotatable bonds is 8. The molecule has 3 aliphatic carbocycles. The molecule has 3 rings (SSSR count). The predicted molar refractivity (Wildman–Crippen MR) is 71.5 cm³/mol. The second-order valence-corrected chi connectivity index (χ2v) is 6.78. The lowest BCUT2D eigenvalue weighted by atomic mass is 9.90. The Bertz CT molecular complexity index is 416. The highest BCUT2D eigenvalue weighted by Gasteiger charge is 2.54. The summed E-state index contributed by atoms with van der Waals surface area (Å²) in [4.78, 5) is 13.5. The fourth-order valence-corrected chi connectivity index (χ4v) is 3.12. The SMILES string of the molecule is NC(=O)C(CN(CC(F)(F)F)C1CC1)(NC1CC1)C1CC1. The number of nitrogens with two attached hydrogens (primary N) is 1. The number of nitrogens with one attached hydrogen (secondary N) is 1. The van der Waals surface area contributed by atoms with Gasteiger partial charge >= 0.3 is 6.18 Å². The van der Waals surface area contributed by atoms with Gasteiger partial charge in [-0.2, -0.15) is 13.2 Å². The van der Waals surface area contributed by atoms with Crippen LogP contribution in [-0.4, -0.2) is 47.7 Å². The van der Waals surface area contributed by atoms with Crippen LogP contribution < -0.4 is 11.1 Å². The van der Waals surface area contributed by atoms with E-state index in [1.54, 1.807) is 0 Å². The zero-order valence-electron chi connectivity index (χ0n) is 12.0. The molecule has 3 fully saturated rings. The van der Waals surface area contributed by atoms with Crippen molar-refractivity contribution in [3.8, 4) is 0 Å². The first-order valence-electron chi connectivity index (χ1n) is 7.68. The van der Waals surface area contributed by atoms with Crippen molar-refractivity contribution in [2.45, 2.75) is 62.3 Å². The van der Waals surface area contributed by atoms with E-state index in [9.17, 15) is 18.0 Å². The van der Waals surface area contributed by atoms with E-state index in [-0.39, 0.29) is 24.5 Å². The third-order valence-corrected chi connectivity index (χ3v) is 4.65. The molecule has 3 N–H and O–H groups in total. The summed E-state index contributed by atoms with van der Waals surface area (Å²) in [5, 5.41) is 3.28. The number of nitrogens with zero attached hydrogens (tertiary/aromatic N) is 1. The van der Waals surface area contributed by atoms with Gasteiger partial charge in [-0.05, 0) is 44.4 Å². The summed E-state index contributed by atoms with van der Waals surface area (Å²) in [6, 6.07) is 0.190. The first-order chi connectivity index (χ1) is 9.80. The average Bonchev–Trinajstić information content (AvgIpc) is 3.24. The number of amides is 1. The molecule has 0 aromatic rings. The molecule has 1 unspecified atom stereocenters. The zero-order valence-corrected chi connectivity index (χ0v) is 12.0. The minimum absolute atomic E-state index is 0.0508. The van der Waals surface area contributed by atoms with Gasteiger partial charge in [0.15, 0.2) is 0 Å². The number of primary amides is 1. The van der Waals surface area contributed by atoms with Gasteiger partial charge in [-0.3, -0.25) is 15.0 Å². The molecule has 0 bridgehead atoms. The molecule has 4 nitrogen and oxygen atoms in total. The molecule has 1 amide bonds. The number of halogens is 3. The lowest BCUT2D eigenvalue weighted by Crippen LogP contribution is -2.64. The van der Waals surface area contributed by atoms with Crippen LogP contribution in [0.2, 0.25) is 0 Å². The number of carbonyl (C=O) groups is 1. The van der Waals surface area contributed by atoms with E-state index in [1.807, 2.05) is 0 Å². The first kappa shape index (κ1) is 15.1. The van der Waals surface area contributed by atoms with Crippen LogP contribution in [-0.2, 0) is 4.79 Å². The molecule has 120 valence electrons. The van der Waals surface area contributed by atoms with Crippen LogP contribution in [0.5, 0.6) is 0 Å². The fraction of sp³-hybridized carbons (Fsp3) is 0.929. The van der Waals surface area contributed by atoms with Crippen molar-refractivity contribution in [3.63, 3.8) is 0 Å². The highest BCUT2D eigenvalue weighted by Crippen LogP contribution is 2.43. The number of alkyl halides is 3. The molecule has 7 heteroatoms. The van der Waals surface area contributed by atoms with Gasteiger partial charge in [0, 0.05) is 18.6 Å². The quantitative estimate of drug-likeness (QED) is 0.713. The molecule has 3 saturated carbocycles. The van der Waals surface area contributed by atoms with Crippen LogP contribution in [0.25, 0.3) is 0 Å².